The molecule has 1 atom stereocenters. The summed E-state index contributed by atoms with van der Waals surface area (Å²) in [5.41, 5.74) is 14.8. The van der Waals surface area contributed by atoms with Crippen LogP contribution in [0.3, 0.4) is 0 Å². The zero-order chi connectivity index (χ0) is 14.9. The van der Waals surface area contributed by atoms with Crippen molar-refractivity contribution in [2.45, 2.75) is 26.7 Å². The molecule has 0 aliphatic carbocycles. The number of piperidine rings is 1. The minimum atomic E-state index is -0.242. The highest BCUT2D eigenvalue weighted by Gasteiger charge is 2.26. The largest absolute Gasteiger partial charge is 0.389 e. The number of carbonyl (C=O) groups excluding carboxylic acids is 1. The highest BCUT2D eigenvalue weighted by molar-refractivity contribution is 7.80. The summed E-state index contributed by atoms with van der Waals surface area (Å²) < 4.78 is 0. The molecule has 1 saturated heterocycles. The van der Waals surface area contributed by atoms with Gasteiger partial charge in [-0.15, -0.1) is 0 Å². The lowest BCUT2D eigenvalue weighted by Crippen LogP contribution is -2.42. The van der Waals surface area contributed by atoms with E-state index in [2.05, 4.69) is 9.88 Å². The molecule has 0 bridgehead atoms. The second-order valence-electron chi connectivity index (χ2n) is 5.29. The van der Waals surface area contributed by atoms with Crippen LogP contribution < -0.4 is 16.4 Å². The molecule has 0 spiro atoms. The van der Waals surface area contributed by atoms with E-state index in [1.54, 1.807) is 0 Å². The van der Waals surface area contributed by atoms with Crippen molar-refractivity contribution in [2.75, 3.05) is 18.0 Å². The Morgan fingerprint density at radius 3 is 2.75 bits per heavy atom. The number of nitrogens with zero attached hydrogens (tertiary/aromatic N) is 2. The summed E-state index contributed by atoms with van der Waals surface area (Å²) in [4.78, 5) is 18.3. The number of carbonyl (C=O) groups is 1. The van der Waals surface area contributed by atoms with Crippen LogP contribution in [0.2, 0.25) is 0 Å². The summed E-state index contributed by atoms with van der Waals surface area (Å²) in [6.45, 7) is 5.34. The first-order valence-corrected chi connectivity index (χ1v) is 7.13. The van der Waals surface area contributed by atoms with Gasteiger partial charge in [0.25, 0.3) is 0 Å². The van der Waals surface area contributed by atoms with Gasteiger partial charge in [-0.1, -0.05) is 12.2 Å². The second kappa shape index (κ2) is 5.75. The summed E-state index contributed by atoms with van der Waals surface area (Å²) in [6.07, 6.45) is 1.78. The van der Waals surface area contributed by atoms with Crippen molar-refractivity contribution < 1.29 is 4.79 Å². The van der Waals surface area contributed by atoms with E-state index < -0.39 is 0 Å². The third kappa shape index (κ3) is 2.90. The lowest BCUT2D eigenvalue weighted by molar-refractivity contribution is -0.122. The van der Waals surface area contributed by atoms with Crippen LogP contribution in [0, 0.1) is 19.8 Å². The van der Waals surface area contributed by atoms with E-state index in [0.29, 0.717) is 11.5 Å². The molecule has 6 heteroatoms. The molecule has 1 aliphatic heterocycles. The van der Waals surface area contributed by atoms with Crippen molar-refractivity contribution in [2.24, 2.45) is 17.4 Å². The molecule has 4 N–H and O–H groups in total. The minimum absolute atomic E-state index is 0.114. The molecule has 5 nitrogen and oxygen atoms in total. The van der Waals surface area contributed by atoms with Crippen LogP contribution in [-0.4, -0.2) is 29.0 Å². The molecular weight excluding hydrogens is 272 g/mol. The normalized spacial score (nSPS) is 18.9. The Kier molecular flexibility index (Phi) is 4.23. The van der Waals surface area contributed by atoms with Crippen molar-refractivity contribution in [3.63, 3.8) is 0 Å². The van der Waals surface area contributed by atoms with E-state index >= 15 is 0 Å². The van der Waals surface area contributed by atoms with Crippen LogP contribution in [0.5, 0.6) is 0 Å². The van der Waals surface area contributed by atoms with Gasteiger partial charge in [-0.25, -0.2) is 0 Å². The van der Waals surface area contributed by atoms with Crippen molar-refractivity contribution in [3.8, 4) is 0 Å². The quantitative estimate of drug-likeness (QED) is 0.813. The third-order valence-corrected chi connectivity index (χ3v) is 3.92. The number of primary amides is 1. The van der Waals surface area contributed by atoms with E-state index in [1.165, 1.54) is 0 Å². The number of aromatic nitrogens is 1. The summed E-state index contributed by atoms with van der Waals surface area (Å²) in [7, 11) is 0. The number of rotatable bonds is 3. The molecule has 1 amide bonds. The van der Waals surface area contributed by atoms with Gasteiger partial charge in [0.15, 0.2) is 0 Å². The minimum Gasteiger partial charge on any atom is -0.389 e. The van der Waals surface area contributed by atoms with Gasteiger partial charge in [0.2, 0.25) is 5.91 Å². The predicted molar refractivity (Wildman–Crippen MR) is 83.7 cm³/mol. The summed E-state index contributed by atoms with van der Waals surface area (Å²) >= 11 is 5.15. The zero-order valence-corrected chi connectivity index (χ0v) is 12.7. The van der Waals surface area contributed by atoms with Gasteiger partial charge in [-0.05, 0) is 32.8 Å². The molecule has 2 heterocycles. The molecule has 1 fully saturated rings. The number of hydrogen-bond donors (Lipinski definition) is 2. The Bertz CT molecular complexity index is 558. The highest BCUT2D eigenvalue weighted by Crippen LogP contribution is 2.28. The highest BCUT2D eigenvalue weighted by atomic mass is 32.1. The fourth-order valence-corrected chi connectivity index (χ4v) is 3.04. The lowest BCUT2D eigenvalue weighted by Gasteiger charge is -2.34. The number of anilines is 1. The average molecular weight is 292 g/mol. The Morgan fingerprint density at radius 1 is 1.45 bits per heavy atom. The van der Waals surface area contributed by atoms with E-state index in [1.807, 2.05) is 19.9 Å². The van der Waals surface area contributed by atoms with Gasteiger partial charge in [0.05, 0.1) is 17.2 Å². The van der Waals surface area contributed by atoms with E-state index in [0.717, 1.165) is 42.0 Å². The van der Waals surface area contributed by atoms with Crippen molar-refractivity contribution in [1.82, 2.24) is 4.98 Å². The van der Waals surface area contributed by atoms with E-state index in [9.17, 15) is 4.79 Å². The van der Waals surface area contributed by atoms with Crippen LogP contribution in [0.15, 0.2) is 6.07 Å². The molecule has 0 aromatic carbocycles. The zero-order valence-electron chi connectivity index (χ0n) is 11.8. The maximum atomic E-state index is 11.4. The summed E-state index contributed by atoms with van der Waals surface area (Å²) in [5.74, 6) is -0.356. The molecule has 1 aliphatic rings. The Morgan fingerprint density at radius 2 is 2.15 bits per heavy atom. The standard InChI is InChI=1S/C14H20N4OS/c1-8-6-11(12(14(16)20)9(2)17-8)18-5-3-4-10(7-18)13(15)19/h6,10H,3-5,7H2,1-2H3,(H2,15,19)(H2,16,20). The van der Waals surface area contributed by atoms with Crippen molar-refractivity contribution >= 4 is 28.8 Å². The summed E-state index contributed by atoms with van der Waals surface area (Å²) in [6, 6.07) is 1.98. The molecule has 0 saturated carbocycles. The SMILES string of the molecule is Cc1cc(N2CCCC(C(N)=O)C2)c(C(N)=S)c(C)n1. The van der Waals surface area contributed by atoms with Gasteiger partial charge in [0.1, 0.15) is 4.99 Å². The van der Waals surface area contributed by atoms with Crippen LogP contribution >= 0.6 is 12.2 Å². The molecule has 20 heavy (non-hydrogen) atoms. The molecule has 1 unspecified atom stereocenters. The molecule has 1 aromatic rings. The monoisotopic (exact) mass is 292 g/mol. The number of amides is 1. The predicted octanol–water partition coefficient (Wildman–Crippen LogP) is 1.03. The Balaban J connectivity index is 2.41. The van der Waals surface area contributed by atoms with Gasteiger partial charge in [-0.2, -0.15) is 0 Å². The number of hydrogen-bond acceptors (Lipinski definition) is 4. The van der Waals surface area contributed by atoms with Crippen LogP contribution in [0.1, 0.15) is 29.8 Å². The van der Waals surface area contributed by atoms with E-state index in [-0.39, 0.29) is 11.8 Å². The second-order valence-corrected chi connectivity index (χ2v) is 5.73. The molecule has 2 rings (SSSR count). The van der Waals surface area contributed by atoms with E-state index in [4.69, 9.17) is 23.7 Å². The van der Waals surface area contributed by atoms with Gasteiger partial charge in [0, 0.05) is 24.5 Å². The van der Waals surface area contributed by atoms with Gasteiger partial charge in [-0.3, -0.25) is 9.78 Å². The Hall–Kier alpha value is -1.69. The number of pyridine rings is 1. The van der Waals surface area contributed by atoms with Crippen LogP contribution in [-0.2, 0) is 4.79 Å². The summed E-state index contributed by atoms with van der Waals surface area (Å²) in [5, 5.41) is 0. The molecule has 108 valence electrons. The van der Waals surface area contributed by atoms with Gasteiger partial charge < -0.3 is 16.4 Å². The fraction of sp³-hybridized carbons (Fsp3) is 0.500. The number of aryl methyl sites for hydroxylation is 2. The number of thiocarbonyl (C=S) groups is 1. The maximum Gasteiger partial charge on any atom is 0.222 e. The first-order valence-electron chi connectivity index (χ1n) is 6.72. The van der Waals surface area contributed by atoms with Crippen LogP contribution in [0.25, 0.3) is 0 Å². The van der Waals surface area contributed by atoms with Crippen LogP contribution in [0.4, 0.5) is 5.69 Å². The molecular formula is C14H20N4OS. The molecule has 1 aromatic heterocycles. The topological polar surface area (TPSA) is 85.2 Å². The average Bonchev–Trinajstić information content (AvgIpc) is 2.37. The first kappa shape index (κ1) is 14.7. The smallest absolute Gasteiger partial charge is 0.222 e. The van der Waals surface area contributed by atoms with Crippen molar-refractivity contribution in [1.29, 1.82) is 0 Å². The third-order valence-electron chi connectivity index (χ3n) is 3.72. The first-order chi connectivity index (χ1) is 9.40. The van der Waals surface area contributed by atoms with Gasteiger partial charge >= 0.3 is 0 Å². The van der Waals surface area contributed by atoms with Crippen molar-refractivity contribution in [3.05, 3.63) is 23.0 Å². The lowest BCUT2D eigenvalue weighted by atomic mass is 9.96. The Labute approximate surface area is 124 Å². The molecule has 0 radical (unpaired) electrons. The number of nitrogens with two attached hydrogens (primary N) is 2. The maximum absolute atomic E-state index is 11.4. The fourth-order valence-electron chi connectivity index (χ4n) is 2.79.